The Bertz CT molecular complexity index is 729. The van der Waals surface area contributed by atoms with E-state index in [1.807, 2.05) is 51.2 Å². The fourth-order valence-electron chi connectivity index (χ4n) is 2.82. The smallest absolute Gasteiger partial charge is 0.315 e. The number of urea groups is 1. The number of nitrogens with zero attached hydrogens (tertiary/aromatic N) is 3. The molecule has 0 saturated carbocycles. The lowest BCUT2D eigenvalue weighted by molar-refractivity contribution is -0.120. The van der Waals surface area contributed by atoms with Gasteiger partial charge in [-0.25, -0.2) is 9.78 Å². The molecule has 1 aromatic carbocycles. The molecule has 2 aromatic rings. The van der Waals surface area contributed by atoms with Crippen molar-refractivity contribution in [2.24, 2.45) is 7.05 Å². The summed E-state index contributed by atoms with van der Waals surface area (Å²) in [5.74, 6) is 0.330. The van der Waals surface area contributed by atoms with Crippen LogP contribution in [0.5, 0.6) is 0 Å². The Labute approximate surface area is 154 Å². The number of aromatic nitrogens is 2. The predicted molar refractivity (Wildman–Crippen MR) is 102 cm³/mol. The number of hydrogen-bond donors (Lipinski definition) is 2. The third kappa shape index (κ3) is 4.62. The predicted octanol–water partition coefficient (Wildman–Crippen LogP) is 2.61. The Kier molecular flexibility index (Phi) is 6.77. The molecule has 0 saturated heterocycles. The van der Waals surface area contributed by atoms with Crippen LogP contribution in [0.4, 0.5) is 10.7 Å². The van der Waals surface area contributed by atoms with Gasteiger partial charge in [0.05, 0.1) is 6.04 Å². The summed E-state index contributed by atoms with van der Waals surface area (Å²) in [6, 6.07) is 8.71. The van der Waals surface area contributed by atoms with Crippen LogP contribution in [0.25, 0.3) is 0 Å². The molecule has 26 heavy (non-hydrogen) atoms. The monoisotopic (exact) mass is 357 g/mol. The summed E-state index contributed by atoms with van der Waals surface area (Å²) in [6.45, 7) is 3.87. The topological polar surface area (TPSA) is 79.3 Å². The Morgan fingerprint density at radius 3 is 2.38 bits per heavy atom. The highest BCUT2D eigenvalue weighted by atomic mass is 16.2. The van der Waals surface area contributed by atoms with Crippen molar-refractivity contribution in [3.05, 3.63) is 48.3 Å². The molecule has 3 amide bonds. The van der Waals surface area contributed by atoms with Crippen LogP contribution in [-0.4, -0.2) is 34.6 Å². The lowest BCUT2D eigenvalue weighted by Crippen LogP contribution is -2.51. The van der Waals surface area contributed by atoms with Crippen molar-refractivity contribution in [2.45, 2.75) is 38.8 Å². The van der Waals surface area contributed by atoms with Gasteiger partial charge in [0.1, 0.15) is 6.04 Å². The van der Waals surface area contributed by atoms with E-state index >= 15 is 0 Å². The summed E-state index contributed by atoms with van der Waals surface area (Å²) in [4.78, 5) is 30.8. The van der Waals surface area contributed by atoms with Gasteiger partial charge in [-0.1, -0.05) is 44.2 Å². The molecule has 1 heterocycles. The number of hydrogen-bond acceptors (Lipinski definition) is 3. The van der Waals surface area contributed by atoms with Crippen LogP contribution in [0.15, 0.2) is 42.7 Å². The summed E-state index contributed by atoms with van der Waals surface area (Å²) in [5, 5.41) is 5.73. The Morgan fingerprint density at radius 2 is 1.85 bits per heavy atom. The first kappa shape index (κ1) is 19.5. The number of amides is 3. The van der Waals surface area contributed by atoms with Crippen molar-refractivity contribution in [3.63, 3.8) is 0 Å². The summed E-state index contributed by atoms with van der Waals surface area (Å²) < 4.78 is 1.76. The van der Waals surface area contributed by atoms with E-state index in [4.69, 9.17) is 0 Å². The van der Waals surface area contributed by atoms with Gasteiger partial charge in [-0.2, -0.15) is 0 Å². The van der Waals surface area contributed by atoms with E-state index in [1.54, 1.807) is 24.0 Å². The second-order valence-electron chi connectivity index (χ2n) is 6.19. The molecule has 2 rings (SSSR count). The van der Waals surface area contributed by atoms with Crippen LogP contribution in [0.3, 0.4) is 0 Å². The van der Waals surface area contributed by atoms with E-state index in [0.717, 1.165) is 12.0 Å². The third-order valence-corrected chi connectivity index (χ3v) is 4.35. The molecule has 2 N–H and O–H groups in total. The molecule has 1 aromatic heterocycles. The van der Waals surface area contributed by atoms with E-state index in [1.165, 1.54) is 4.90 Å². The van der Waals surface area contributed by atoms with Gasteiger partial charge in [-0.3, -0.25) is 9.69 Å². The Hall–Kier alpha value is -2.83. The fourth-order valence-corrected chi connectivity index (χ4v) is 2.82. The van der Waals surface area contributed by atoms with E-state index < -0.39 is 6.04 Å². The van der Waals surface area contributed by atoms with Gasteiger partial charge in [0.15, 0.2) is 0 Å². The number of imidazole rings is 1. The first-order valence-electron chi connectivity index (χ1n) is 8.84. The molecular weight excluding hydrogens is 330 g/mol. The highest BCUT2D eigenvalue weighted by Crippen LogP contribution is 2.16. The maximum atomic E-state index is 12.7. The highest BCUT2D eigenvalue weighted by Gasteiger charge is 2.25. The van der Waals surface area contributed by atoms with Crippen molar-refractivity contribution in [1.29, 1.82) is 0 Å². The summed E-state index contributed by atoms with van der Waals surface area (Å²) in [6.07, 6.45) is 4.65. The second-order valence-corrected chi connectivity index (χ2v) is 6.19. The number of anilines is 1. The van der Waals surface area contributed by atoms with Gasteiger partial charge >= 0.3 is 6.03 Å². The molecule has 0 radical (unpaired) electrons. The summed E-state index contributed by atoms with van der Waals surface area (Å²) in [5.41, 5.74) is 1.04. The molecule has 7 nitrogen and oxygen atoms in total. The third-order valence-electron chi connectivity index (χ3n) is 4.35. The van der Waals surface area contributed by atoms with E-state index in [9.17, 15) is 9.59 Å². The summed E-state index contributed by atoms with van der Waals surface area (Å²) in [7, 11) is 3.48. The van der Waals surface area contributed by atoms with Crippen molar-refractivity contribution < 1.29 is 9.59 Å². The molecular formula is C19H27N5O2. The zero-order chi connectivity index (χ0) is 19.1. The number of benzene rings is 1. The van der Waals surface area contributed by atoms with Crippen molar-refractivity contribution in [1.82, 2.24) is 20.2 Å². The van der Waals surface area contributed by atoms with E-state index in [0.29, 0.717) is 12.4 Å². The van der Waals surface area contributed by atoms with Crippen molar-refractivity contribution >= 4 is 17.9 Å². The first-order chi connectivity index (χ1) is 12.5. The molecule has 0 bridgehead atoms. The van der Waals surface area contributed by atoms with E-state index in [-0.39, 0.29) is 18.0 Å². The molecule has 0 aliphatic carbocycles. The zero-order valence-electron chi connectivity index (χ0n) is 15.8. The molecule has 7 heteroatoms. The van der Waals surface area contributed by atoms with Crippen LogP contribution in [0, 0.1) is 0 Å². The average Bonchev–Trinajstić information content (AvgIpc) is 3.09. The zero-order valence-corrected chi connectivity index (χ0v) is 15.8. The Morgan fingerprint density at radius 1 is 1.15 bits per heavy atom. The van der Waals surface area contributed by atoms with Crippen LogP contribution in [-0.2, 0) is 11.8 Å². The normalized spacial score (nSPS) is 12.9. The van der Waals surface area contributed by atoms with Gasteiger partial charge in [-0.15, -0.1) is 0 Å². The number of likely N-dealkylation sites (N-methyl/N-ethyl adjacent to an activating group) is 1. The SMILES string of the molecule is CCC(NC(=O)NC(CC)c1ccccc1)C(=O)N(C)c1nccn1C. The van der Waals surface area contributed by atoms with Gasteiger partial charge in [0, 0.05) is 26.5 Å². The highest BCUT2D eigenvalue weighted by molar-refractivity contribution is 5.97. The quantitative estimate of drug-likeness (QED) is 0.799. The number of nitrogens with one attached hydrogen (secondary N) is 2. The minimum absolute atomic E-state index is 0.101. The molecule has 0 spiro atoms. The lowest BCUT2D eigenvalue weighted by Gasteiger charge is -2.24. The van der Waals surface area contributed by atoms with Gasteiger partial charge < -0.3 is 15.2 Å². The van der Waals surface area contributed by atoms with E-state index in [2.05, 4.69) is 15.6 Å². The first-order valence-corrected chi connectivity index (χ1v) is 8.84. The minimum atomic E-state index is -0.620. The average molecular weight is 357 g/mol. The molecule has 2 atom stereocenters. The van der Waals surface area contributed by atoms with Crippen LogP contribution >= 0.6 is 0 Å². The largest absolute Gasteiger partial charge is 0.331 e. The van der Waals surface area contributed by atoms with Gasteiger partial charge in [-0.05, 0) is 18.4 Å². The summed E-state index contributed by atoms with van der Waals surface area (Å²) >= 11 is 0. The van der Waals surface area contributed by atoms with Crippen molar-refractivity contribution in [3.8, 4) is 0 Å². The maximum absolute atomic E-state index is 12.7. The molecule has 140 valence electrons. The minimum Gasteiger partial charge on any atom is -0.331 e. The number of rotatable bonds is 7. The Balaban J connectivity index is 2.01. The molecule has 2 unspecified atom stereocenters. The van der Waals surface area contributed by atoms with Crippen molar-refractivity contribution in [2.75, 3.05) is 11.9 Å². The van der Waals surface area contributed by atoms with Crippen LogP contribution < -0.4 is 15.5 Å². The lowest BCUT2D eigenvalue weighted by atomic mass is 10.1. The van der Waals surface area contributed by atoms with Crippen LogP contribution in [0.1, 0.15) is 38.3 Å². The van der Waals surface area contributed by atoms with Crippen LogP contribution in [0.2, 0.25) is 0 Å². The number of aryl methyl sites for hydroxylation is 1. The van der Waals surface area contributed by atoms with Gasteiger partial charge in [0.25, 0.3) is 5.91 Å². The molecule has 0 aliphatic heterocycles. The number of carbonyl (C=O) groups is 2. The molecule has 0 fully saturated rings. The standard InChI is InChI=1S/C19H27N5O2/c1-5-15(14-10-8-7-9-11-14)21-18(26)22-16(6-2)17(25)24(4)19-20-12-13-23(19)3/h7-13,15-16H,5-6H2,1-4H3,(H2,21,22,26). The number of carbonyl (C=O) groups excluding carboxylic acids is 2. The fraction of sp³-hybridized carbons (Fsp3) is 0.421. The maximum Gasteiger partial charge on any atom is 0.315 e. The molecule has 0 aliphatic rings. The second kappa shape index (κ2) is 9.03. The van der Waals surface area contributed by atoms with Gasteiger partial charge in [0.2, 0.25) is 5.95 Å².